The van der Waals surface area contributed by atoms with E-state index in [9.17, 15) is 0 Å². The van der Waals surface area contributed by atoms with Crippen molar-refractivity contribution in [2.24, 2.45) is 5.92 Å². The minimum atomic E-state index is 0.401. The van der Waals surface area contributed by atoms with Crippen LogP contribution in [0.15, 0.2) is 0 Å². The van der Waals surface area contributed by atoms with Crippen molar-refractivity contribution in [1.82, 2.24) is 10.2 Å². The summed E-state index contributed by atoms with van der Waals surface area (Å²) in [6.07, 6.45) is 1.80. The van der Waals surface area contributed by atoms with Gasteiger partial charge in [0.25, 0.3) is 0 Å². The Labute approximate surface area is 96.9 Å². The van der Waals surface area contributed by atoms with Crippen LogP contribution in [0.4, 0.5) is 0 Å². The lowest BCUT2D eigenvalue weighted by molar-refractivity contribution is 0.00834. The van der Waals surface area contributed by atoms with Crippen LogP contribution >= 0.6 is 11.8 Å². The van der Waals surface area contributed by atoms with E-state index >= 15 is 0 Å². The summed E-state index contributed by atoms with van der Waals surface area (Å²) in [4.78, 5) is 2.44. The molecule has 2 atom stereocenters. The second kappa shape index (κ2) is 6.09. The van der Waals surface area contributed by atoms with Gasteiger partial charge in [-0.1, -0.05) is 0 Å². The van der Waals surface area contributed by atoms with Gasteiger partial charge in [-0.2, -0.15) is 11.8 Å². The van der Waals surface area contributed by atoms with Crippen LogP contribution in [-0.2, 0) is 4.74 Å². The maximum atomic E-state index is 5.70. The molecule has 0 saturated carbocycles. The molecular weight excluding hydrogens is 208 g/mol. The lowest BCUT2D eigenvalue weighted by atomic mass is 10.1. The highest BCUT2D eigenvalue weighted by atomic mass is 32.2. The van der Waals surface area contributed by atoms with E-state index in [1.807, 2.05) is 0 Å². The maximum Gasteiger partial charge on any atom is 0.0826 e. The molecule has 0 spiro atoms. The summed E-state index contributed by atoms with van der Waals surface area (Å²) >= 11 is 2.10. The van der Waals surface area contributed by atoms with Crippen molar-refractivity contribution < 1.29 is 4.74 Å². The molecule has 0 aromatic heterocycles. The fraction of sp³-hybridized carbons (Fsp3) is 1.00. The van der Waals surface area contributed by atoms with Gasteiger partial charge in [-0.3, -0.25) is 0 Å². The summed E-state index contributed by atoms with van der Waals surface area (Å²) in [7, 11) is 2.22. The minimum Gasteiger partial charge on any atom is -0.374 e. The fourth-order valence-corrected chi connectivity index (χ4v) is 3.60. The second-order valence-corrected chi connectivity index (χ2v) is 5.80. The van der Waals surface area contributed by atoms with Gasteiger partial charge in [-0.15, -0.1) is 0 Å². The predicted octanol–water partition coefficient (Wildman–Crippen LogP) is 0.660. The number of ether oxygens (including phenoxy) is 1. The van der Waals surface area contributed by atoms with Gasteiger partial charge in [-0.25, -0.2) is 0 Å². The number of likely N-dealkylation sites (N-methyl/N-ethyl adjacent to an activating group) is 1. The molecule has 2 unspecified atom stereocenters. The van der Waals surface area contributed by atoms with Gasteiger partial charge in [0.2, 0.25) is 0 Å². The third-order valence-electron chi connectivity index (χ3n) is 3.11. The molecule has 4 heteroatoms. The monoisotopic (exact) mass is 230 g/mol. The number of thioether (sulfide) groups is 1. The molecule has 0 amide bonds. The van der Waals surface area contributed by atoms with E-state index in [4.69, 9.17) is 4.74 Å². The highest BCUT2D eigenvalue weighted by Gasteiger charge is 2.20. The average molecular weight is 230 g/mol. The lowest BCUT2D eigenvalue weighted by Gasteiger charge is -2.29. The zero-order chi connectivity index (χ0) is 10.5. The Morgan fingerprint density at radius 1 is 1.47 bits per heavy atom. The third kappa shape index (κ3) is 3.94. The van der Waals surface area contributed by atoms with E-state index in [2.05, 4.69) is 29.0 Å². The summed E-state index contributed by atoms with van der Waals surface area (Å²) in [5.74, 6) is 3.63. The third-order valence-corrected chi connectivity index (χ3v) is 4.35. The normalized spacial score (nSPS) is 32.4. The van der Waals surface area contributed by atoms with Crippen molar-refractivity contribution in [3.63, 3.8) is 0 Å². The first-order valence-electron chi connectivity index (χ1n) is 5.93. The second-order valence-electron chi connectivity index (χ2n) is 4.65. The molecule has 0 radical (unpaired) electrons. The first-order chi connectivity index (χ1) is 7.34. The molecule has 2 rings (SSSR count). The Bertz CT molecular complexity index is 179. The van der Waals surface area contributed by atoms with E-state index in [1.165, 1.54) is 24.5 Å². The summed E-state index contributed by atoms with van der Waals surface area (Å²) < 4.78 is 5.70. The Balaban J connectivity index is 1.64. The van der Waals surface area contributed by atoms with Gasteiger partial charge in [0.1, 0.15) is 0 Å². The highest BCUT2D eigenvalue weighted by molar-refractivity contribution is 7.99. The standard InChI is InChI=1S/C11H22N2OS/c1-13(7-10-2-5-15-9-10)8-11-6-12-3-4-14-11/h10-12H,2-9H2,1H3. The van der Waals surface area contributed by atoms with Crippen molar-refractivity contribution >= 4 is 11.8 Å². The number of rotatable bonds is 4. The van der Waals surface area contributed by atoms with Crippen LogP contribution in [0.5, 0.6) is 0 Å². The molecule has 2 aliphatic heterocycles. The lowest BCUT2D eigenvalue weighted by Crippen LogP contribution is -2.45. The molecule has 1 N–H and O–H groups in total. The molecule has 0 aromatic rings. The number of hydrogen-bond donors (Lipinski definition) is 1. The zero-order valence-corrected chi connectivity index (χ0v) is 10.4. The van der Waals surface area contributed by atoms with Crippen molar-refractivity contribution in [1.29, 1.82) is 0 Å². The predicted molar refractivity (Wildman–Crippen MR) is 65.5 cm³/mol. The van der Waals surface area contributed by atoms with Crippen LogP contribution in [-0.4, -0.2) is 62.3 Å². The molecule has 0 aromatic carbocycles. The quantitative estimate of drug-likeness (QED) is 0.767. The van der Waals surface area contributed by atoms with Gasteiger partial charge < -0.3 is 15.0 Å². The van der Waals surface area contributed by atoms with Crippen molar-refractivity contribution in [2.45, 2.75) is 12.5 Å². The van der Waals surface area contributed by atoms with Crippen molar-refractivity contribution in [2.75, 3.05) is 51.3 Å². The average Bonchev–Trinajstić information content (AvgIpc) is 2.71. The molecular formula is C11H22N2OS. The number of nitrogens with one attached hydrogen (secondary N) is 1. The minimum absolute atomic E-state index is 0.401. The number of hydrogen-bond acceptors (Lipinski definition) is 4. The van der Waals surface area contributed by atoms with E-state index in [0.29, 0.717) is 6.10 Å². The molecule has 2 saturated heterocycles. The fourth-order valence-electron chi connectivity index (χ4n) is 2.33. The van der Waals surface area contributed by atoms with Gasteiger partial charge in [0.05, 0.1) is 12.7 Å². The molecule has 88 valence electrons. The van der Waals surface area contributed by atoms with Crippen LogP contribution in [0.1, 0.15) is 6.42 Å². The van der Waals surface area contributed by atoms with Crippen LogP contribution in [0.25, 0.3) is 0 Å². The van der Waals surface area contributed by atoms with E-state index in [0.717, 1.165) is 32.2 Å². The smallest absolute Gasteiger partial charge is 0.0826 e. The molecule has 15 heavy (non-hydrogen) atoms. The summed E-state index contributed by atoms with van der Waals surface area (Å²) in [5, 5.41) is 3.38. The van der Waals surface area contributed by atoms with Crippen LogP contribution in [0.3, 0.4) is 0 Å². The Morgan fingerprint density at radius 3 is 3.07 bits per heavy atom. The topological polar surface area (TPSA) is 24.5 Å². The highest BCUT2D eigenvalue weighted by Crippen LogP contribution is 2.23. The Kier molecular flexibility index (Phi) is 4.75. The number of morpholine rings is 1. The molecule has 2 aliphatic rings. The molecule has 0 bridgehead atoms. The molecule has 2 heterocycles. The van der Waals surface area contributed by atoms with Gasteiger partial charge in [0.15, 0.2) is 0 Å². The summed E-state index contributed by atoms with van der Waals surface area (Å²) in [6.45, 7) is 5.22. The van der Waals surface area contributed by atoms with Gasteiger partial charge >= 0.3 is 0 Å². The summed E-state index contributed by atoms with van der Waals surface area (Å²) in [5.41, 5.74) is 0. The number of nitrogens with zero attached hydrogens (tertiary/aromatic N) is 1. The van der Waals surface area contributed by atoms with E-state index in [-0.39, 0.29) is 0 Å². The van der Waals surface area contributed by atoms with Crippen molar-refractivity contribution in [3.8, 4) is 0 Å². The van der Waals surface area contributed by atoms with Crippen LogP contribution in [0, 0.1) is 5.92 Å². The first-order valence-corrected chi connectivity index (χ1v) is 7.08. The van der Waals surface area contributed by atoms with Gasteiger partial charge in [0, 0.05) is 26.2 Å². The molecule has 2 fully saturated rings. The zero-order valence-electron chi connectivity index (χ0n) is 9.58. The van der Waals surface area contributed by atoms with Crippen LogP contribution < -0.4 is 5.32 Å². The van der Waals surface area contributed by atoms with Crippen LogP contribution in [0.2, 0.25) is 0 Å². The molecule has 3 nitrogen and oxygen atoms in total. The largest absolute Gasteiger partial charge is 0.374 e. The maximum absolute atomic E-state index is 5.70. The van der Waals surface area contributed by atoms with Crippen molar-refractivity contribution in [3.05, 3.63) is 0 Å². The van der Waals surface area contributed by atoms with E-state index in [1.54, 1.807) is 0 Å². The van der Waals surface area contributed by atoms with E-state index < -0.39 is 0 Å². The molecule has 0 aliphatic carbocycles. The SMILES string of the molecule is CN(CC1CCSC1)CC1CNCCO1. The Morgan fingerprint density at radius 2 is 2.40 bits per heavy atom. The first kappa shape index (κ1) is 11.7. The summed E-state index contributed by atoms with van der Waals surface area (Å²) in [6, 6.07) is 0. The van der Waals surface area contributed by atoms with Gasteiger partial charge in [-0.05, 0) is 30.9 Å². The Hall–Kier alpha value is 0.230.